The molecular weight excluding hydrogens is 234 g/mol. The Kier molecular flexibility index (Phi) is 4.81. The van der Waals surface area contributed by atoms with Crippen molar-refractivity contribution in [3.05, 3.63) is 34.4 Å². The van der Waals surface area contributed by atoms with Crippen LogP contribution in [0.15, 0.2) is 12.1 Å². The van der Waals surface area contributed by atoms with Crippen molar-refractivity contribution < 1.29 is 5.11 Å². The number of nitrogens with one attached hydrogen (secondary N) is 1. The van der Waals surface area contributed by atoms with Gasteiger partial charge in [0.05, 0.1) is 6.61 Å². The standard InChI is InChI=1S/C17H29NO/c1-12-8-14(3)15(9-13(12)2)16(4,5)10-18-17(6,7)11-19/h8-9,18-19H,10-11H2,1-7H3. The van der Waals surface area contributed by atoms with Crippen LogP contribution in [0.5, 0.6) is 0 Å². The zero-order valence-electron chi connectivity index (χ0n) is 13.5. The number of hydrogen-bond donors (Lipinski definition) is 2. The minimum absolute atomic E-state index is 0.0506. The highest BCUT2D eigenvalue weighted by Crippen LogP contribution is 2.28. The van der Waals surface area contributed by atoms with E-state index in [2.05, 4.69) is 52.1 Å². The predicted molar refractivity (Wildman–Crippen MR) is 82.8 cm³/mol. The largest absolute Gasteiger partial charge is 0.394 e. The van der Waals surface area contributed by atoms with Gasteiger partial charge in [-0.15, -0.1) is 0 Å². The van der Waals surface area contributed by atoms with Crippen molar-refractivity contribution in [3.8, 4) is 0 Å². The third-order valence-electron chi connectivity index (χ3n) is 3.97. The smallest absolute Gasteiger partial charge is 0.0607 e. The Morgan fingerprint density at radius 2 is 1.47 bits per heavy atom. The van der Waals surface area contributed by atoms with Crippen LogP contribution in [-0.4, -0.2) is 23.8 Å². The summed E-state index contributed by atoms with van der Waals surface area (Å²) >= 11 is 0. The summed E-state index contributed by atoms with van der Waals surface area (Å²) in [6.45, 7) is 16.1. The number of aliphatic hydroxyl groups is 1. The van der Waals surface area contributed by atoms with E-state index >= 15 is 0 Å². The molecule has 0 aliphatic heterocycles. The maximum Gasteiger partial charge on any atom is 0.0607 e. The molecule has 108 valence electrons. The molecule has 1 aromatic rings. The molecule has 0 bridgehead atoms. The van der Waals surface area contributed by atoms with Gasteiger partial charge < -0.3 is 10.4 Å². The van der Waals surface area contributed by atoms with Crippen LogP contribution in [0.3, 0.4) is 0 Å². The maximum atomic E-state index is 9.33. The Balaban J connectivity index is 2.97. The summed E-state index contributed by atoms with van der Waals surface area (Å²) in [5.41, 5.74) is 5.24. The molecule has 0 fully saturated rings. The Bertz CT molecular complexity index is 447. The van der Waals surface area contributed by atoms with Crippen molar-refractivity contribution in [1.29, 1.82) is 0 Å². The molecule has 1 aromatic carbocycles. The van der Waals surface area contributed by atoms with Gasteiger partial charge in [0.15, 0.2) is 0 Å². The summed E-state index contributed by atoms with van der Waals surface area (Å²) in [6, 6.07) is 4.57. The summed E-state index contributed by atoms with van der Waals surface area (Å²) in [4.78, 5) is 0. The van der Waals surface area contributed by atoms with E-state index in [4.69, 9.17) is 0 Å². The van der Waals surface area contributed by atoms with Gasteiger partial charge >= 0.3 is 0 Å². The van der Waals surface area contributed by atoms with Crippen molar-refractivity contribution in [2.24, 2.45) is 0 Å². The minimum atomic E-state index is -0.231. The average molecular weight is 263 g/mol. The third-order valence-corrected chi connectivity index (χ3v) is 3.97. The number of benzene rings is 1. The highest BCUT2D eigenvalue weighted by molar-refractivity contribution is 5.40. The fraction of sp³-hybridized carbons (Fsp3) is 0.647. The zero-order chi connectivity index (χ0) is 14.8. The summed E-state index contributed by atoms with van der Waals surface area (Å²) in [7, 11) is 0. The van der Waals surface area contributed by atoms with Crippen molar-refractivity contribution in [2.75, 3.05) is 13.2 Å². The van der Waals surface area contributed by atoms with Crippen LogP contribution in [0.4, 0.5) is 0 Å². The van der Waals surface area contributed by atoms with E-state index in [1.165, 1.54) is 22.3 Å². The van der Waals surface area contributed by atoms with Gasteiger partial charge in [0, 0.05) is 17.5 Å². The van der Waals surface area contributed by atoms with Gasteiger partial charge in [0.25, 0.3) is 0 Å². The molecule has 0 spiro atoms. The molecule has 19 heavy (non-hydrogen) atoms. The lowest BCUT2D eigenvalue weighted by atomic mass is 9.80. The Hall–Kier alpha value is -0.860. The lowest BCUT2D eigenvalue weighted by Crippen LogP contribution is -2.48. The maximum absolute atomic E-state index is 9.33. The number of hydrogen-bond acceptors (Lipinski definition) is 2. The van der Waals surface area contributed by atoms with Gasteiger partial charge in [-0.3, -0.25) is 0 Å². The lowest BCUT2D eigenvalue weighted by molar-refractivity contribution is 0.181. The first kappa shape index (κ1) is 16.2. The van der Waals surface area contributed by atoms with E-state index in [0.717, 1.165) is 6.54 Å². The molecule has 0 heterocycles. The number of rotatable bonds is 5. The van der Waals surface area contributed by atoms with E-state index in [1.807, 2.05) is 13.8 Å². The molecule has 0 saturated heterocycles. The van der Waals surface area contributed by atoms with Crippen LogP contribution >= 0.6 is 0 Å². The third kappa shape index (κ3) is 4.05. The van der Waals surface area contributed by atoms with Gasteiger partial charge in [-0.25, -0.2) is 0 Å². The molecule has 2 N–H and O–H groups in total. The van der Waals surface area contributed by atoms with Gasteiger partial charge in [-0.1, -0.05) is 26.0 Å². The van der Waals surface area contributed by atoms with Crippen LogP contribution < -0.4 is 5.32 Å². The minimum Gasteiger partial charge on any atom is -0.394 e. The van der Waals surface area contributed by atoms with Crippen LogP contribution in [0, 0.1) is 20.8 Å². The quantitative estimate of drug-likeness (QED) is 0.854. The monoisotopic (exact) mass is 263 g/mol. The van der Waals surface area contributed by atoms with Crippen molar-refractivity contribution in [2.45, 2.75) is 59.4 Å². The number of aliphatic hydroxyl groups excluding tert-OH is 1. The molecule has 0 aliphatic rings. The molecule has 0 amide bonds. The van der Waals surface area contributed by atoms with E-state index in [1.54, 1.807) is 0 Å². The Morgan fingerprint density at radius 1 is 0.947 bits per heavy atom. The summed E-state index contributed by atoms with van der Waals surface area (Å²) in [5.74, 6) is 0. The Morgan fingerprint density at radius 3 is 2.00 bits per heavy atom. The topological polar surface area (TPSA) is 32.3 Å². The molecule has 0 atom stereocenters. The molecule has 0 aliphatic carbocycles. The zero-order valence-corrected chi connectivity index (χ0v) is 13.5. The molecule has 2 heteroatoms. The first-order chi connectivity index (χ1) is 8.59. The first-order valence-corrected chi connectivity index (χ1v) is 7.03. The summed E-state index contributed by atoms with van der Waals surface area (Å²) in [5, 5.41) is 12.8. The normalized spacial score (nSPS) is 12.8. The van der Waals surface area contributed by atoms with Crippen LogP contribution in [-0.2, 0) is 5.41 Å². The SMILES string of the molecule is Cc1cc(C)c(C(C)(C)CNC(C)(C)CO)cc1C. The summed E-state index contributed by atoms with van der Waals surface area (Å²) in [6.07, 6.45) is 0. The Labute approximate surface area is 118 Å². The summed E-state index contributed by atoms with van der Waals surface area (Å²) < 4.78 is 0. The highest BCUT2D eigenvalue weighted by atomic mass is 16.3. The van der Waals surface area contributed by atoms with Gasteiger partial charge in [0.1, 0.15) is 0 Å². The fourth-order valence-electron chi connectivity index (χ4n) is 2.30. The van der Waals surface area contributed by atoms with E-state index in [0.29, 0.717) is 0 Å². The fourth-order valence-corrected chi connectivity index (χ4v) is 2.30. The molecule has 0 radical (unpaired) electrons. The molecule has 2 nitrogen and oxygen atoms in total. The van der Waals surface area contributed by atoms with Gasteiger partial charge in [0.2, 0.25) is 0 Å². The second kappa shape index (κ2) is 5.64. The molecule has 0 aromatic heterocycles. The van der Waals surface area contributed by atoms with Gasteiger partial charge in [-0.2, -0.15) is 0 Å². The second-order valence-corrected chi connectivity index (χ2v) is 7.03. The van der Waals surface area contributed by atoms with Crippen molar-refractivity contribution >= 4 is 0 Å². The van der Waals surface area contributed by atoms with E-state index in [-0.39, 0.29) is 17.6 Å². The highest BCUT2D eigenvalue weighted by Gasteiger charge is 2.26. The van der Waals surface area contributed by atoms with Crippen LogP contribution in [0.25, 0.3) is 0 Å². The lowest BCUT2D eigenvalue weighted by Gasteiger charge is -2.33. The van der Waals surface area contributed by atoms with E-state index < -0.39 is 0 Å². The first-order valence-electron chi connectivity index (χ1n) is 7.03. The van der Waals surface area contributed by atoms with Crippen molar-refractivity contribution in [3.63, 3.8) is 0 Å². The molecule has 0 unspecified atom stereocenters. The van der Waals surface area contributed by atoms with Crippen molar-refractivity contribution in [1.82, 2.24) is 5.32 Å². The molecule has 0 saturated carbocycles. The van der Waals surface area contributed by atoms with Crippen LogP contribution in [0.2, 0.25) is 0 Å². The second-order valence-electron chi connectivity index (χ2n) is 7.03. The van der Waals surface area contributed by atoms with Crippen LogP contribution in [0.1, 0.15) is 49.9 Å². The van der Waals surface area contributed by atoms with Gasteiger partial charge in [-0.05, 0) is 56.9 Å². The molecular formula is C17H29NO. The molecule has 1 rings (SSSR count). The average Bonchev–Trinajstić information content (AvgIpc) is 2.31. The van der Waals surface area contributed by atoms with E-state index in [9.17, 15) is 5.11 Å². The predicted octanol–water partition coefficient (Wildman–Crippen LogP) is 3.25. The number of aryl methyl sites for hydroxylation is 3.